The number of nitrogens with zero attached hydrogens (tertiary/aromatic N) is 2. The number of para-hydroxylation sites is 1. The predicted molar refractivity (Wildman–Crippen MR) is 84.8 cm³/mol. The first-order valence-electron chi connectivity index (χ1n) is 7.03. The number of imidazole rings is 1. The van der Waals surface area contributed by atoms with Gasteiger partial charge in [-0.1, -0.05) is 19.9 Å². The summed E-state index contributed by atoms with van der Waals surface area (Å²) in [6, 6.07) is 5.71. The van der Waals surface area contributed by atoms with Crippen LogP contribution in [0.1, 0.15) is 19.7 Å². The van der Waals surface area contributed by atoms with Crippen LogP contribution in [0, 0.1) is 12.8 Å². The van der Waals surface area contributed by atoms with Crippen LogP contribution < -0.4 is 15.2 Å². The predicted octanol–water partition coefficient (Wildman–Crippen LogP) is 3.11. The molecular weight excluding hydrogens is 266 g/mol. The highest BCUT2D eigenvalue weighted by atomic mass is 16.5. The van der Waals surface area contributed by atoms with Crippen molar-refractivity contribution in [1.29, 1.82) is 0 Å². The van der Waals surface area contributed by atoms with E-state index in [4.69, 9.17) is 15.2 Å². The highest BCUT2D eigenvalue weighted by molar-refractivity contribution is 5.78. The third kappa shape index (κ3) is 2.82. The molecule has 0 aliphatic rings. The van der Waals surface area contributed by atoms with Crippen LogP contribution in [0.4, 0.5) is 5.82 Å². The highest BCUT2D eigenvalue weighted by Crippen LogP contribution is 2.39. The molecule has 0 aliphatic heterocycles. The Morgan fingerprint density at radius 2 is 1.95 bits per heavy atom. The summed E-state index contributed by atoms with van der Waals surface area (Å²) in [5.41, 5.74) is 7.89. The maximum atomic E-state index is 6.30. The van der Waals surface area contributed by atoms with Gasteiger partial charge < -0.3 is 19.8 Å². The van der Waals surface area contributed by atoms with E-state index in [1.165, 1.54) is 0 Å². The molecule has 0 radical (unpaired) electrons. The summed E-state index contributed by atoms with van der Waals surface area (Å²) in [7, 11) is 3.24. The number of aryl methyl sites for hydroxylation is 1. The number of hydrogen-bond acceptors (Lipinski definition) is 4. The molecule has 0 saturated heterocycles. The van der Waals surface area contributed by atoms with Crippen molar-refractivity contribution < 1.29 is 9.47 Å². The fourth-order valence-electron chi connectivity index (χ4n) is 2.45. The first kappa shape index (κ1) is 15.2. The molecule has 1 heterocycles. The lowest BCUT2D eigenvalue weighted by atomic mass is 10.1. The quantitative estimate of drug-likeness (QED) is 0.918. The van der Waals surface area contributed by atoms with Gasteiger partial charge in [0.05, 0.1) is 14.2 Å². The lowest BCUT2D eigenvalue weighted by Crippen LogP contribution is -2.09. The zero-order valence-corrected chi connectivity index (χ0v) is 13.3. The van der Waals surface area contributed by atoms with E-state index in [2.05, 4.69) is 18.8 Å². The van der Waals surface area contributed by atoms with Gasteiger partial charge in [-0.3, -0.25) is 0 Å². The standard InChI is InChI=1S/C16H23N3O2/c1-10(2)9-19-11(3)18-14(16(19)17)12-7-6-8-13(20-4)15(12)21-5/h6-8,10H,9,17H2,1-5H3. The lowest BCUT2D eigenvalue weighted by Gasteiger charge is -2.13. The Morgan fingerprint density at radius 1 is 1.24 bits per heavy atom. The smallest absolute Gasteiger partial charge is 0.170 e. The molecule has 0 atom stereocenters. The van der Waals surface area contributed by atoms with Crippen LogP contribution in [0.25, 0.3) is 11.3 Å². The molecule has 0 bridgehead atoms. The van der Waals surface area contributed by atoms with Crippen molar-refractivity contribution in [2.45, 2.75) is 27.3 Å². The minimum absolute atomic E-state index is 0.500. The van der Waals surface area contributed by atoms with Crippen molar-refractivity contribution in [2.24, 2.45) is 5.92 Å². The molecule has 21 heavy (non-hydrogen) atoms. The van der Waals surface area contributed by atoms with Gasteiger partial charge in [0, 0.05) is 12.1 Å². The maximum Gasteiger partial charge on any atom is 0.170 e. The fourth-order valence-corrected chi connectivity index (χ4v) is 2.45. The van der Waals surface area contributed by atoms with E-state index >= 15 is 0 Å². The van der Waals surface area contributed by atoms with Gasteiger partial charge in [-0.05, 0) is 25.0 Å². The Morgan fingerprint density at radius 3 is 2.52 bits per heavy atom. The van der Waals surface area contributed by atoms with Crippen LogP contribution in [-0.4, -0.2) is 23.8 Å². The summed E-state index contributed by atoms with van der Waals surface area (Å²) in [4.78, 5) is 4.62. The van der Waals surface area contributed by atoms with Crippen molar-refractivity contribution in [1.82, 2.24) is 9.55 Å². The zero-order valence-electron chi connectivity index (χ0n) is 13.3. The molecule has 1 aromatic carbocycles. The molecule has 0 aliphatic carbocycles. The topological polar surface area (TPSA) is 62.3 Å². The first-order chi connectivity index (χ1) is 9.99. The van der Waals surface area contributed by atoms with E-state index in [1.807, 2.05) is 29.7 Å². The summed E-state index contributed by atoms with van der Waals surface area (Å²) < 4.78 is 12.9. The summed E-state index contributed by atoms with van der Waals surface area (Å²) in [6.45, 7) is 7.13. The van der Waals surface area contributed by atoms with Gasteiger partial charge >= 0.3 is 0 Å². The maximum absolute atomic E-state index is 6.30. The van der Waals surface area contributed by atoms with Crippen LogP contribution in [0.5, 0.6) is 11.5 Å². The van der Waals surface area contributed by atoms with Crippen LogP contribution in [-0.2, 0) is 6.54 Å². The normalized spacial score (nSPS) is 11.0. The SMILES string of the molecule is COc1cccc(-c2nc(C)n(CC(C)C)c2N)c1OC. The Hall–Kier alpha value is -2.17. The number of ether oxygens (including phenoxy) is 2. The third-order valence-corrected chi connectivity index (χ3v) is 3.40. The molecule has 5 nitrogen and oxygen atoms in total. The molecule has 2 N–H and O–H groups in total. The van der Waals surface area contributed by atoms with Crippen LogP contribution in [0.3, 0.4) is 0 Å². The van der Waals surface area contributed by atoms with Crippen molar-refractivity contribution in [3.63, 3.8) is 0 Å². The first-order valence-corrected chi connectivity index (χ1v) is 7.03. The monoisotopic (exact) mass is 289 g/mol. The van der Waals surface area contributed by atoms with Crippen molar-refractivity contribution in [3.05, 3.63) is 24.0 Å². The van der Waals surface area contributed by atoms with Gasteiger partial charge in [0.25, 0.3) is 0 Å². The van der Waals surface area contributed by atoms with Gasteiger partial charge in [0.2, 0.25) is 0 Å². The largest absolute Gasteiger partial charge is 0.493 e. The summed E-state index contributed by atoms with van der Waals surface area (Å²) in [5.74, 6) is 3.39. The Labute approximate surface area is 125 Å². The van der Waals surface area contributed by atoms with E-state index < -0.39 is 0 Å². The second-order valence-electron chi connectivity index (χ2n) is 5.44. The van der Waals surface area contributed by atoms with Crippen LogP contribution in [0.2, 0.25) is 0 Å². The van der Waals surface area contributed by atoms with Crippen molar-refractivity contribution in [3.8, 4) is 22.8 Å². The molecule has 0 unspecified atom stereocenters. The molecule has 2 rings (SSSR count). The van der Waals surface area contributed by atoms with Crippen molar-refractivity contribution in [2.75, 3.05) is 20.0 Å². The molecule has 5 heteroatoms. The number of aromatic nitrogens is 2. The van der Waals surface area contributed by atoms with E-state index in [-0.39, 0.29) is 0 Å². The molecule has 0 spiro atoms. The van der Waals surface area contributed by atoms with E-state index in [0.717, 1.165) is 23.6 Å². The average Bonchev–Trinajstić information content (AvgIpc) is 2.73. The third-order valence-electron chi connectivity index (χ3n) is 3.40. The minimum Gasteiger partial charge on any atom is -0.493 e. The average molecular weight is 289 g/mol. The van der Waals surface area contributed by atoms with E-state index in [0.29, 0.717) is 23.2 Å². The minimum atomic E-state index is 0.500. The number of nitrogens with two attached hydrogens (primary N) is 1. The second-order valence-corrected chi connectivity index (χ2v) is 5.44. The Bertz CT molecular complexity index is 633. The summed E-state index contributed by atoms with van der Waals surface area (Å²) >= 11 is 0. The Kier molecular flexibility index (Phi) is 4.40. The van der Waals surface area contributed by atoms with Gasteiger partial charge in [-0.15, -0.1) is 0 Å². The highest BCUT2D eigenvalue weighted by Gasteiger charge is 2.19. The summed E-state index contributed by atoms with van der Waals surface area (Å²) in [5, 5.41) is 0. The van der Waals surface area contributed by atoms with Gasteiger partial charge in [0.15, 0.2) is 11.5 Å². The van der Waals surface area contributed by atoms with Gasteiger partial charge in [0.1, 0.15) is 17.3 Å². The molecule has 1 aromatic heterocycles. The zero-order chi connectivity index (χ0) is 15.6. The van der Waals surface area contributed by atoms with Crippen LogP contribution in [0.15, 0.2) is 18.2 Å². The number of benzene rings is 1. The van der Waals surface area contributed by atoms with Gasteiger partial charge in [-0.2, -0.15) is 0 Å². The van der Waals surface area contributed by atoms with E-state index in [1.54, 1.807) is 14.2 Å². The number of hydrogen-bond donors (Lipinski definition) is 1. The van der Waals surface area contributed by atoms with Gasteiger partial charge in [-0.25, -0.2) is 4.98 Å². The summed E-state index contributed by atoms with van der Waals surface area (Å²) in [6.07, 6.45) is 0. The molecular formula is C16H23N3O2. The van der Waals surface area contributed by atoms with E-state index in [9.17, 15) is 0 Å². The molecule has 2 aromatic rings. The van der Waals surface area contributed by atoms with Crippen LogP contribution >= 0.6 is 0 Å². The number of rotatable bonds is 5. The number of anilines is 1. The molecule has 0 fully saturated rings. The number of methoxy groups -OCH3 is 2. The molecule has 0 saturated carbocycles. The second kappa shape index (κ2) is 6.08. The lowest BCUT2D eigenvalue weighted by molar-refractivity contribution is 0.356. The Balaban J connectivity index is 2.58. The van der Waals surface area contributed by atoms with Crippen molar-refractivity contribution >= 4 is 5.82 Å². The molecule has 114 valence electrons. The fraction of sp³-hybridized carbons (Fsp3) is 0.438. The number of nitrogen functional groups attached to an aromatic ring is 1. The molecule has 0 amide bonds.